The van der Waals surface area contributed by atoms with Crippen molar-refractivity contribution in [2.45, 2.75) is 13.8 Å². The van der Waals surface area contributed by atoms with Crippen LogP contribution in [0, 0.1) is 25.2 Å². The van der Waals surface area contributed by atoms with Gasteiger partial charge in [-0.1, -0.05) is 15.9 Å². The van der Waals surface area contributed by atoms with Crippen molar-refractivity contribution in [2.24, 2.45) is 0 Å². The third-order valence-corrected chi connectivity index (χ3v) is 3.47. The maximum absolute atomic E-state index is 12.0. The molecule has 2 N–H and O–H groups in total. The van der Waals surface area contributed by atoms with Crippen molar-refractivity contribution >= 4 is 33.3 Å². The van der Waals surface area contributed by atoms with E-state index in [2.05, 4.69) is 26.6 Å². The van der Waals surface area contributed by atoms with Gasteiger partial charge < -0.3 is 10.6 Å². The number of carbonyl (C=O) groups excluding carboxylic acids is 1. The number of hydrogen-bond acceptors (Lipinski definition) is 2. The average molecular weight is 344 g/mol. The molecule has 0 saturated heterocycles. The van der Waals surface area contributed by atoms with Crippen LogP contribution >= 0.6 is 15.9 Å². The fourth-order valence-electron chi connectivity index (χ4n) is 2.01. The molecule has 21 heavy (non-hydrogen) atoms. The predicted molar refractivity (Wildman–Crippen MR) is 87.4 cm³/mol. The average Bonchev–Trinajstić information content (AvgIpc) is 2.43. The smallest absolute Gasteiger partial charge is 0.308 e. The van der Waals surface area contributed by atoms with E-state index in [1.165, 1.54) is 0 Å². The first-order valence-electron chi connectivity index (χ1n) is 6.34. The first kappa shape index (κ1) is 15.1. The van der Waals surface area contributed by atoms with Gasteiger partial charge in [0.05, 0.1) is 11.6 Å². The number of benzene rings is 2. The molecule has 0 heterocycles. The molecule has 0 unspecified atom stereocenters. The normalized spacial score (nSPS) is 9.81. The zero-order chi connectivity index (χ0) is 15.4. The summed E-state index contributed by atoms with van der Waals surface area (Å²) >= 11 is 3.43. The number of carbonyl (C=O) groups is 1. The quantitative estimate of drug-likeness (QED) is 0.837. The number of amides is 2. The molecular weight excluding hydrogens is 330 g/mol. The molecule has 2 rings (SSSR count). The highest BCUT2D eigenvalue weighted by atomic mass is 79.9. The molecule has 0 fully saturated rings. The zero-order valence-corrected chi connectivity index (χ0v) is 13.3. The summed E-state index contributed by atoms with van der Waals surface area (Å²) in [5.41, 5.74) is 3.96. The molecule has 0 bridgehead atoms. The van der Waals surface area contributed by atoms with E-state index in [1.807, 2.05) is 32.0 Å². The maximum atomic E-state index is 12.0. The Bertz CT molecular complexity index is 694. The van der Waals surface area contributed by atoms with Crippen LogP contribution < -0.4 is 10.6 Å². The highest BCUT2D eigenvalue weighted by Gasteiger charge is 2.08. The van der Waals surface area contributed by atoms with Crippen molar-refractivity contribution in [3.8, 4) is 6.07 Å². The molecule has 4 nitrogen and oxygen atoms in total. The van der Waals surface area contributed by atoms with Crippen molar-refractivity contribution in [1.29, 1.82) is 5.26 Å². The number of rotatable bonds is 2. The molecule has 2 amide bonds. The lowest BCUT2D eigenvalue weighted by molar-refractivity contribution is 0.262. The second-order valence-electron chi connectivity index (χ2n) is 4.68. The van der Waals surface area contributed by atoms with Crippen molar-refractivity contribution in [3.05, 3.63) is 57.6 Å². The monoisotopic (exact) mass is 343 g/mol. The van der Waals surface area contributed by atoms with Crippen molar-refractivity contribution in [1.82, 2.24) is 0 Å². The van der Waals surface area contributed by atoms with Crippen LogP contribution in [0.4, 0.5) is 16.2 Å². The molecule has 0 radical (unpaired) electrons. The van der Waals surface area contributed by atoms with Gasteiger partial charge in [-0.05, 0) is 61.4 Å². The van der Waals surface area contributed by atoms with Crippen LogP contribution in [0.25, 0.3) is 0 Å². The fourth-order valence-corrected chi connectivity index (χ4v) is 2.70. The molecule has 106 valence electrons. The minimum atomic E-state index is -0.312. The van der Waals surface area contributed by atoms with E-state index in [4.69, 9.17) is 5.26 Å². The fraction of sp³-hybridized carbons (Fsp3) is 0.125. The minimum Gasteiger partial charge on any atom is -0.308 e. The number of urea groups is 1. The van der Waals surface area contributed by atoms with Crippen LogP contribution in [-0.4, -0.2) is 6.03 Å². The molecule has 2 aromatic carbocycles. The summed E-state index contributed by atoms with van der Waals surface area (Å²) in [6, 6.07) is 12.3. The van der Waals surface area contributed by atoms with E-state index < -0.39 is 0 Å². The predicted octanol–water partition coefficient (Wildman–Crippen LogP) is 4.58. The summed E-state index contributed by atoms with van der Waals surface area (Å²) in [7, 11) is 0. The van der Waals surface area contributed by atoms with Gasteiger partial charge >= 0.3 is 6.03 Å². The van der Waals surface area contributed by atoms with E-state index in [-0.39, 0.29) is 6.03 Å². The SMILES string of the molecule is Cc1cc(Br)cc(C)c1NC(=O)Nc1ccc(C#N)cc1. The molecule has 0 aromatic heterocycles. The number of halogens is 1. The van der Waals surface area contributed by atoms with E-state index in [0.29, 0.717) is 11.3 Å². The number of hydrogen-bond donors (Lipinski definition) is 2. The maximum Gasteiger partial charge on any atom is 0.323 e. The summed E-state index contributed by atoms with van der Waals surface area (Å²) in [5.74, 6) is 0. The van der Waals surface area contributed by atoms with Crippen LogP contribution in [0.3, 0.4) is 0 Å². The third-order valence-electron chi connectivity index (χ3n) is 3.01. The van der Waals surface area contributed by atoms with Gasteiger partial charge in [0.15, 0.2) is 0 Å². The summed E-state index contributed by atoms with van der Waals surface area (Å²) in [5, 5.41) is 14.3. The number of nitrogens with one attached hydrogen (secondary N) is 2. The van der Waals surface area contributed by atoms with Gasteiger partial charge in [-0.2, -0.15) is 5.26 Å². The molecule has 0 atom stereocenters. The van der Waals surface area contributed by atoms with Crippen molar-refractivity contribution < 1.29 is 4.79 Å². The molecule has 0 aliphatic carbocycles. The molecule has 5 heteroatoms. The van der Waals surface area contributed by atoms with Gasteiger partial charge in [-0.15, -0.1) is 0 Å². The van der Waals surface area contributed by atoms with Crippen LogP contribution in [0.1, 0.15) is 16.7 Å². The van der Waals surface area contributed by atoms with Gasteiger partial charge in [0.1, 0.15) is 0 Å². The number of aryl methyl sites for hydroxylation is 2. The summed E-state index contributed by atoms with van der Waals surface area (Å²) < 4.78 is 0.982. The molecule has 0 spiro atoms. The van der Waals surface area contributed by atoms with Crippen LogP contribution in [0.2, 0.25) is 0 Å². The Morgan fingerprint density at radius 3 is 2.19 bits per heavy atom. The lowest BCUT2D eigenvalue weighted by atomic mass is 10.1. The standard InChI is InChI=1S/C16H14BrN3O/c1-10-7-13(17)8-11(2)15(10)20-16(21)19-14-5-3-12(9-18)4-6-14/h3-8H,1-2H3,(H2,19,20,21). The van der Waals surface area contributed by atoms with Gasteiger partial charge in [0, 0.05) is 15.8 Å². The Morgan fingerprint density at radius 2 is 1.67 bits per heavy atom. The highest BCUT2D eigenvalue weighted by molar-refractivity contribution is 9.10. The summed E-state index contributed by atoms with van der Waals surface area (Å²) in [4.78, 5) is 12.0. The largest absolute Gasteiger partial charge is 0.323 e. The van der Waals surface area contributed by atoms with E-state index in [0.717, 1.165) is 21.3 Å². The second kappa shape index (κ2) is 6.42. The molecule has 2 aromatic rings. The van der Waals surface area contributed by atoms with Gasteiger partial charge in [-0.3, -0.25) is 0 Å². The zero-order valence-electron chi connectivity index (χ0n) is 11.7. The highest BCUT2D eigenvalue weighted by Crippen LogP contribution is 2.25. The van der Waals surface area contributed by atoms with Crippen LogP contribution in [0.5, 0.6) is 0 Å². The first-order chi connectivity index (χ1) is 9.99. The van der Waals surface area contributed by atoms with Crippen molar-refractivity contribution in [3.63, 3.8) is 0 Å². The second-order valence-corrected chi connectivity index (χ2v) is 5.60. The van der Waals surface area contributed by atoms with E-state index in [1.54, 1.807) is 24.3 Å². The van der Waals surface area contributed by atoms with Gasteiger partial charge in [0.25, 0.3) is 0 Å². The van der Waals surface area contributed by atoms with Gasteiger partial charge in [-0.25, -0.2) is 4.79 Å². The minimum absolute atomic E-state index is 0.312. The number of nitriles is 1. The summed E-state index contributed by atoms with van der Waals surface area (Å²) in [6.45, 7) is 3.88. The number of nitrogens with zero attached hydrogens (tertiary/aromatic N) is 1. The Kier molecular flexibility index (Phi) is 4.61. The molecule has 0 aliphatic rings. The van der Waals surface area contributed by atoms with Crippen LogP contribution in [-0.2, 0) is 0 Å². The Hall–Kier alpha value is -2.32. The van der Waals surface area contributed by atoms with E-state index >= 15 is 0 Å². The molecular formula is C16H14BrN3O. The van der Waals surface area contributed by atoms with Gasteiger partial charge in [0.2, 0.25) is 0 Å². The topological polar surface area (TPSA) is 64.9 Å². The van der Waals surface area contributed by atoms with E-state index in [9.17, 15) is 4.79 Å². The lowest BCUT2D eigenvalue weighted by Gasteiger charge is -2.13. The molecule has 0 saturated carbocycles. The Labute approximate surface area is 131 Å². The van der Waals surface area contributed by atoms with Crippen molar-refractivity contribution in [2.75, 3.05) is 10.6 Å². The first-order valence-corrected chi connectivity index (χ1v) is 7.14. The number of anilines is 2. The Morgan fingerprint density at radius 1 is 1.10 bits per heavy atom. The summed E-state index contributed by atoms with van der Waals surface area (Å²) in [6.07, 6.45) is 0. The Balaban J connectivity index is 2.10. The third kappa shape index (κ3) is 3.83. The van der Waals surface area contributed by atoms with Crippen LogP contribution in [0.15, 0.2) is 40.9 Å². The molecule has 0 aliphatic heterocycles. The lowest BCUT2D eigenvalue weighted by Crippen LogP contribution is -2.20.